The Balaban J connectivity index is 2.21. The molecule has 3 nitrogen and oxygen atoms in total. The maximum Gasteiger partial charge on any atom is 0.142 e. The highest BCUT2D eigenvalue weighted by Gasteiger charge is 1.97. The maximum absolute atomic E-state index is 8.72. The molecule has 0 radical (unpaired) electrons. The van der Waals surface area contributed by atoms with Gasteiger partial charge in [0.2, 0.25) is 0 Å². The Hall–Kier alpha value is -1.61. The Morgan fingerprint density at radius 1 is 1.12 bits per heavy atom. The molecule has 2 aromatic rings. The lowest BCUT2D eigenvalue weighted by Crippen LogP contribution is -1.94. The molecule has 1 aromatic carbocycles. The van der Waals surface area contributed by atoms with Crippen molar-refractivity contribution in [3.05, 3.63) is 51.7 Å². The third kappa shape index (κ3) is 2.70. The Morgan fingerprint density at radius 2 is 1.88 bits per heavy atom. The molecule has 4 heteroatoms. The summed E-state index contributed by atoms with van der Waals surface area (Å²) < 4.78 is 1.18. The SMILES string of the molecule is N#Cc1cccc(Nc2ccc(I)cc2)n1. The average Bonchev–Trinajstić information content (AvgIpc) is 2.32. The zero-order valence-electron chi connectivity index (χ0n) is 8.31. The van der Waals surface area contributed by atoms with E-state index in [9.17, 15) is 0 Å². The number of hydrogen-bond acceptors (Lipinski definition) is 3. The van der Waals surface area contributed by atoms with Crippen molar-refractivity contribution in [3.63, 3.8) is 0 Å². The van der Waals surface area contributed by atoms with E-state index in [2.05, 4.69) is 32.9 Å². The molecule has 0 fully saturated rings. The minimum absolute atomic E-state index is 0.413. The van der Waals surface area contributed by atoms with Crippen molar-refractivity contribution in [1.82, 2.24) is 4.98 Å². The van der Waals surface area contributed by atoms with Gasteiger partial charge >= 0.3 is 0 Å². The van der Waals surface area contributed by atoms with E-state index in [-0.39, 0.29) is 0 Å². The van der Waals surface area contributed by atoms with Gasteiger partial charge in [-0.25, -0.2) is 4.98 Å². The van der Waals surface area contributed by atoms with Crippen molar-refractivity contribution < 1.29 is 0 Å². The maximum atomic E-state index is 8.72. The van der Waals surface area contributed by atoms with Gasteiger partial charge in [0, 0.05) is 9.26 Å². The fraction of sp³-hybridized carbons (Fsp3) is 0. The average molecular weight is 321 g/mol. The molecule has 0 aliphatic carbocycles. The standard InChI is InChI=1S/C12H8IN3/c13-9-4-6-10(7-5-9)15-12-3-1-2-11(8-14)16-12/h1-7H,(H,15,16). The number of nitrogens with zero attached hydrogens (tertiary/aromatic N) is 2. The topological polar surface area (TPSA) is 48.7 Å². The molecule has 78 valence electrons. The van der Waals surface area contributed by atoms with Crippen LogP contribution in [0.2, 0.25) is 0 Å². The number of nitrogens with one attached hydrogen (secondary N) is 1. The van der Waals surface area contributed by atoms with Crippen molar-refractivity contribution in [3.8, 4) is 6.07 Å². The van der Waals surface area contributed by atoms with Crippen LogP contribution >= 0.6 is 22.6 Å². The van der Waals surface area contributed by atoms with Crippen LogP contribution in [0.4, 0.5) is 11.5 Å². The van der Waals surface area contributed by atoms with Gasteiger partial charge < -0.3 is 5.32 Å². The molecular weight excluding hydrogens is 313 g/mol. The van der Waals surface area contributed by atoms with E-state index in [4.69, 9.17) is 5.26 Å². The number of rotatable bonds is 2. The van der Waals surface area contributed by atoms with Crippen molar-refractivity contribution in [2.75, 3.05) is 5.32 Å². The summed E-state index contributed by atoms with van der Waals surface area (Å²) in [5.74, 6) is 0.681. The van der Waals surface area contributed by atoms with Crippen LogP contribution in [-0.2, 0) is 0 Å². The zero-order chi connectivity index (χ0) is 11.4. The van der Waals surface area contributed by atoms with Gasteiger partial charge in [0.1, 0.15) is 17.6 Å². The first kappa shape index (κ1) is 10.9. The first-order chi connectivity index (χ1) is 7.78. The normalized spacial score (nSPS) is 9.50. The van der Waals surface area contributed by atoms with Crippen LogP contribution in [-0.4, -0.2) is 4.98 Å². The van der Waals surface area contributed by atoms with Crippen molar-refractivity contribution in [2.24, 2.45) is 0 Å². The molecule has 1 N–H and O–H groups in total. The van der Waals surface area contributed by atoms with Crippen molar-refractivity contribution in [1.29, 1.82) is 5.26 Å². The quantitative estimate of drug-likeness (QED) is 0.864. The van der Waals surface area contributed by atoms with Gasteiger partial charge in [-0.05, 0) is 59.0 Å². The summed E-state index contributed by atoms with van der Waals surface area (Å²) in [7, 11) is 0. The van der Waals surface area contributed by atoms with Gasteiger partial charge in [-0.1, -0.05) is 6.07 Å². The monoisotopic (exact) mass is 321 g/mol. The van der Waals surface area contributed by atoms with E-state index in [0.29, 0.717) is 11.5 Å². The van der Waals surface area contributed by atoms with Gasteiger partial charge in [-0.15, -0.1) is 0 Å². The van der Waals surface area contributed by atoms with Gasteiger partial charge in [-0.2, -0.15) is 5.26 Å². The van der Waals surface area contributed by atoms with Crippen LogP contribution in [0.1, 0.15) is 5.69 Å². The van der Waals surface area contributed by atoms with Crippen LogP contribution < -0.4 is 5.32 Å². The molecule has 0 saturated heterocycles. The highest BCUT2D eigenvalue weighted by Crippen LogP contribution is 2.16. The number of aromatic nitrogens is 1. The van der Waals surface area contributed by atoms with E-state index in [1.165, 1.54) is 3.57 Å². The van der Waals surface area contributed by atoms with Crippen LogP contribution in [0.25, 0.3) is 0 Å². The first-order valence-corrected chi connectivity index (χ1v) is 5.75. The molecular formula is C12H8IN3. The molecule has 1 aromatic heterocycles. The summed E-state index contributed by atoms with van der Waals surface area (Å²) in [6.07, 6.45) is 0. The number of anilines is 2. The van der Waals surface area contributed by atoms with Gasteiger partial charge in [0.25, 0.3) is 0 Å². The molecule has 0 spiro atoms. The summed E-state index contributed by atoms with van der Waals surface area (Å²) in [5, 5.41) is 11.9. The molecule has 1 heterocycles. The second-order valence-corrected chi connectivity index (χ2v) is 4.40. The lowest BCUT2D eigenvalue weighted by molar-refractivity contribution is 1.25. The minimum atomic E-state index is 0.413. The predicted molar refractivity (Wildman–Crippen MR) is 71.4 cm³/mol. The van der Waals surface area contributed by atoms with Gasteiger partial charge in [-0.3, -0.25) is 0 Å². The van der Waals surface area contributed by atoms with Crippen molar-refractivity contribution in [2.45, 2.75) is 0 Å². The zero-order valence-corrected chi connectivity index (χ0v) is 10.5. The van der Waals surface area contributed by atoms with Gasteiger partial charge in [0.15, 0.2) is 0 Å². The molecule has 16 heavy (non-hydrogen) atoms. The highest BCUT2D eigenvalue weighted by molar-refractivity contribution is 14.1. The van der Waals surface area contributed by atoms with Crippen molar-refractivity contribution >= 4 is 34.1 Å². The summed E-state index contributed by atoms with van der Waals surface area (Å²) in [6, 6.07) is 15.3. The summed E-state index contributed by atoms with van der Waals surface area (Å²) >= 11 is 2.25. The molecule has 0 bridgehead atoms. The van der Waals surface area contributed by atoms with Crippen LogP contribution in [0.15, 0.2) is 42.5 Å². The molecule has 0 atom stereocenters. The van der Waals surface area contributed by atoms with E-state index in [0.717, 1.165) is 5.69 Å². The predicted octanol–water partition coefficient (Wildman–Crippen LogP) is 3.30. The van der Waals surface area contributed by atoms with Crippen LogP contribution in [0.3, 0.4) is 0 Å². The Kier molecular flexibility index (Phi) is 3.37. The third-order valence-electron chi connectivity index (χ3n) is 1.98. The highest BCUT2D eigenvalue weighted by atomic mass is 127. The third-order valence-corrected chi connectivity index (χ3v) is 2.70. The molecule has 0 aliphatic heterocycles. The summed E-state index contributed by atoms with van der Waals surface area (Å²) in [5.41, 5.74) is 1.37. The number of benzene rings is 1. The van der Waals surface area contributed by atoms with E-state index < -0.39 is 0 Å². The van der Waals surface area contributed by atoms with Crippen LogP contribution in [0, 0.1) is 14.9 Å². The fourth-order valence-electron chi connectivity index (χ4n) is 1.25. The molecule has 0 saturated carbocycles. The number of hydrogen-bond donors (Lipinski definition) is 1. The lowest BCUT2D eigenvalue weighted by Gasteiger charge is -2.05. The summed E-state index contributed by atoms with van der Waals surface area (Å²) in [6.45, 7) is 0. The van der Waals surface area contributed by atoms with Crippen LogP contribution in [0.5, 0.6) is 0 Å². The summed E-state index contributed by atoms with van der Waals surface area (Å²) in [4.78, 5) is 4.13. The molecule has 0 unspecified atom stereocenters. The fourth-order valence-corrected chi connectivity index (χ4v) is 1.61. The van der Waals surface area contributed by atoms with E-state index in [1.54, 1.807) is 12.1 Å². The second kappa shape index (κ2) is 4.94. The number of halogens is 1. The first-order valence-electron chi connectivity index (χ1n) is 4.68. The van der Waals surface area contributed by atoms with Gasteiger partial charge in [0.05, 0.1) is 0 Å². The molecule has 0 amide bonds. The minimum Gasteiger partial charge on any atom is -0.340 e. The second-order valence-electron chi connectivity index (χ2n) is 3.15. The smallest absolute Gasteiger partial charge is 0.142 e. The number of nitriles is 1. The largest absolute Gasteiger partial charge is 0.340 e. The molecule has 2 rings (SSSR count). The Morgan fingerprint density at radius 3 is 2.56 bits per heavy atom. The number of pyridine rings is 1. The van der Waals surface area contributed by atoms with E-state index in [1.807, 2.05) is 36.4 Å². The molecule has 0 aliphatic rings. The Bertz CT molecular complexity index is 529. The van der Waals surface area contributed by atoms with E-state index >= 15 is 0 Å². The lowest BCUT2D eigenvalue weighted by atomic mass is 10.3. The Labute approximate surface area is 107 Å².